The number of halogens is 2. The molecule has 3 aromatic carbocycles. The van der Waals surface area contributed by atoms with Crippen LogP contribution in [0.3, 0.4) is 0 Å². The Morgan fingerprint density at radius 2 is 1.17 bits per heavy atom. The van der Waals surface area contributed by atoms with Gasteiger partial charge in [0.1, 0.15) is 0 Å². The summed E-state index contributed by atoms with van der Waals surface area (Å²) in [5.41, 5.74) is 12.7. The quantitative estimate of drug-likeness (QED) is 0.283. The number of rotatable bonds is 2. The molecule has 0 nitrogen and oxygen atoms in total. The van der Waals surface area contributed by atoms with Crippen LogP contribution < -0.4 is 24.8 Å². The maximum atomic E-state index is 3.57. The average molecular weight is 743 g/mol. The molecule has 4 bridgehead atoms. The second kappa shape index (κ2) is 13.1. The van der Waals surface area contributed by atoms with Gasteiger partial charge in [-0.3, -0.25) is 6.08 Å². The van der Waals surface area contributed by atoms with E-state index in [1.54, 1.807) is 44.1 Å². The van der Waals surface area contributed by atoms with E-state index < -0.39 is 0 Å². The SMILES string of the molecule is CC1=CC(C)(C)c2cc3[cH-]c4cc5c(cc4c3cc21)C(C)=CC5(C)C.CC1=[C-]C(C)C=C1CC12CC3CC(CC(C3)C1)C2.[CH2]=[Zr+2].[Cl-].[Cl-]. The van der Waals surface area contributed by atoms with Crippen molar-refractivity contribution in [2.75, 3.05) is 0 Å². The predicted molar refractivity (Wildman–Crippen MR) is 192 cm³/mol. The van der Waals surface area contributed by atoms with Gasteiger partial charge in [-0.25, -0.2) is 5.57 Å². The van der Waals surface area contributed by atoms with Crippen LogP contribution in [0.1, 0.15) is 123 Å². The van der Waals surface area contributed by atoms with Crippen molar-refractivity contribution in [1.29, 1.82) is 0 Å². The first-order valence-electron chi connectivity index (χ1n) is 17.6. The van der Waals surface area contributed by atoms with E-state index >= 15 is 0 Å². The van der Waals surface area contributed by atoms with Gasteiger partial charge in [-0.05, 0) is 97.8 Å². The molecule has 7 aliphatic carbocycles. The Kier molecular flexibility index (Phi) is 10.2. The summed E-state index contributed by atoms with van der Waals surface area (Å²) in [4.78, 5) is 0. The Morgan fingerprint density at radius 1 is 0.745 bits per heavy atom. The largest absolute Gasteiger partial charge is 1.00 e. The Labute approximate surface area is 312 Å². The van der Waals surface area contributed by atoms with Gasteiger partial charge in [0, 0.05) is 10.8 Å². The number of hydrogen-bond donors (Lipinski definition) is 0. The van der Waals surface area contributed by atoms with Gasteiger partial charge in [0.15, 0.2) is 0 Å². The smallest absolute Gasteiger partial charge is 1.00 e. The molecule has 1 atom stereocenters. The standard InChI is InChI=1S/C25H25.C18H25.CH2.2ClH.Zr/c1-14-12-24(3,4)22-8-16-7-17-9-23-19(15(2)13-25(23,5)6)11-21(17)20(16)10-18(14)22;1-12-3-13(2)17(4-12)11-18-8-14-5-15(9-18)7-16(6-14)10-18;;;;/h7-13H,1-6H3;4,12,14-16H,5-11H2,1-2H3;1H2;2*1H;/q2*-1;;;;+2/p-2. The zero-order valence-corrected chi connectivity index (χ0v) is 33.8. The van der Waals surface area contributed by atoms with E-state index in [0.717, 1.165) is 17.8 Å². The predicted octanol–water partition coefficient (Wildman–Crippen LogP) is 5.99. The van der Waals surface area contributed by atoms with Gasteiger partial charge >= 0.3 is 28.4 Å². The summed E-state index contributed by atoms with van der Waals surface area (Å²) in [7, 11) is 0. The van der Waals surface area contributed by atoms with Crippen LogP contribution in [0.25, 0.3) is 32.7 Å². The number of fused-ring (bicyclic) bond motifs is 5. The molecule has 0 aliphatic heterocycles. The van der Waals surface area contributed by atoms with Gasteiger partial charge < -0.3 is 24.8 Å². The summed E-state index contributed by atoms with van der Waals surface area (Å²) in [6, 6.07) is 12.1. The summed E-state index contributed by atoms with van der Waals surface area (Å²) in [5.74, 6) is 3.82. The van der Waals surface area contributed by atoms with E-state index in [0.29, 0.717) is 11.3 Å². The molecule has 0 spiro atoms. The van der Waals surface area contributed by atoms with Gasteiger partial charge in [-0.2, -0.15) is 11.6 Å². The van der Waals surface area contributed by atoms with Crippen molar-refractivity contribution < 1.29 is 49.0 Å². The molecule has 3 heteroatoms. The molecule has 0 radical (unpaired) electrons. The van der Waals surface area contributed by atoms with Crippen LogP contribution in [-0.4, -0.2) is 4.21 Å². The maximum absolute atomic E-state index is 3.57. The van der Waals surface area contributed by atoms with Crippen LogP contribution in [0, 0.1) is 35.2 Å². The summed E-state index contributed by atoms with van der Waals surface area (Å²) in [6.07, 6.45) is 21.6. The molecule has 47 heavy (non-hydrogen) atoms. The van der Waals surface area contributed by atoms with Crippen LogP contribution in [0.15, 0.2) is 59.7 Å². The first-order valence-corrected chi connectivity index (χ1v) is 19.3. The number of allylic oxidation sites excluding steroid dienone is 8. The minimum atomic E-state index is 0. The molecular formula is C44H52Cl2Zr-2. The number of hydrogen-bond acceptors (Lipinski definition) is 0. The molecule has 0 saturated heterocycles. The van der Waals surface area contributed by atoms with Crippen LogP contribution >= 0.6 is 0 Å². The van der Waals surface area contributed by atoms with E-state index in [-0.39, 0.29) is 35.6 Å². The summed E-state index contributed by atoms with van der Waals surface area (Å²) < 4.78 is 3.34. The Balaban J connectivity index is 0.000000175. The second-order valence-corrected chi connectivity index (χ2v) is 17.1. The minimum Gasteiger partial charge on any atom is -1.00 e. The maximum Gasteiger partial charge on any atom is -1.00 e. The molecule has 4 fully saturated rings. The van der Waals surface area contributed by atoms with Gasteiger partial charge in [-0.1, -0.05) is 89.3 Å². The van der Waals surface area contributed by atoms with Crippen LogP contribution in [0.2, 0.25) is 0 Å². The average Bonchev–Trinajstić information content (AvgIpc) is 3.61. The molecule has 4 saturated carbocycles. The molecule has 10 rings (SSSR count). The Morgan fingerprint density at radius 3 is 1.55 bits per heavy atom. The van der Waals surface area contributed by atoms with Crippen molar-refractivity contribution >= 4 is 36.9 Å². The van der Waals surface area contributed by atoms with Crippen molar-refractivity contribution in [3.63, 3.8) is 0 Å². The van der Waals surface area contributed by atoms with Crippen molar-refractivity contribution in [2.24, 2.45) is 29.1 Å². The van der Waals surface area contributed by atoms with Gasteiger partial charge in [0.25, 0.3) is 0 Å². The molecular weight excluding hydrogens is 691 g/mol. The summed E-state index contributed by atoms with van der Waals surface area (Å²) >= 11 is 1.30. The minimum absolute atomic E-state index is 0. The van der Waals surface area contributed by atoms with Crippen molar-refractivity contribution in [3.05, 3.63) is 88.0 Å². The third-order valence-corrected chi connectivity index (χ3v) is 12.5. The zero-order valence-electron chi connectivity index (χ0n) is 29.8. The van der Waals surface area contributed by atoms with E-state index in [4.69, 9.17) is 0 Å². The monoisotopic (exact) mass is 740 g/mol. The van der Waals surface area contributed by atoms with E-state index in [9.17, 15) is 0 Å². The molecule has 248 valence electrons. The van der Waals surface area contributed by atoms with Gasteiger partial charge in [-0.15, -0.1) is 39.7 Å². The van der Waals surface area contributed by atoms with E-state index in [1.807, 2.05) is 0 Å². The molecule has 0 aromatic heterocycles. The van der Waals surface area contributed by atoms with Crippen molar-refractivity contribution in [1.82, 2.24) is 0 Å². The molecule has 0 N–H and O–H groups in total. The molecule has 7 aliphatic rings. The fraction of sp³-hybridized carbons (Fsp3) is 0.500. The Hall–Kier alpha value is -1.40. The molecule has 3 aromatic rings. The summed E-state index contributed by atoms with van der Waals surface area (Å²) in [6.45, 7) is 18.3. The van der Waals surface area contributed by atoms with Crippen LogP contribution in [0.5, 0.6) is 0 Å². The third kappa shape index (κ3) is 6.38. The molecule has 1 unspecified atom stereocenters. The van der Waals surface area contributed by atoms with Gasteiger partial charge in [0.2, 0.25) is 0 Å². The van der Waals surface area contributed by atoms with Crippen molar-refractivity contribution in [3.8, 4) is 0 Å². The first-order chi connectivity index (χ1) is 21.3. The van der Waals surface area contributed by atoms with Crippen molar-refractivity contribution in [2.45, 2.75) is 111 Å². The number of benzene rings is 2. The van der Waals surface area contributed by atoms with E-state index in [1.165, 1.54) is 91.2 Å². The third-order valence-electron chi connectivity index (χ3n) is 12.5. The van der Waals surface area contributed by atoms with E-state index in [2.05, 4.69) is 114 Å². The summed E-state index contributed by atoms with van der Waals surface area (Å²) in [5, 5.41) is 5.57. The second-order valence-electron chi connectivity index (χ2n) is 17.1. The zero-order chi connectivity index (χ0) is 32.1. The van der Waals surface area contributed by atoms with Crippen LogP contribution in [-0.2, 0) is 35.1 Å². The fourth-order valence-electron chi connectivity index (χ4n) is 11.2. The topological polar surface area (TPSA) is 0 Å². The fourth-order valence-corrected chi connectivity index (χ4v) is 11.2. The molecule has 0 heterocycles. The van der Waals surface area contributed by atoms with Crippen LogP contribution in [0.4, 0.5) is 0 Å². The van der Waals surface area contributed by atoms with Gasteiger partial charge in [0.05, 0.1) is 0 Å². The Bertz CT molecular complexity index is 1710. The normalized spacial score (nSPS) is 29.7. The first kappa shape index (κ1) is 36.9. The molecule has 0 amide bonds.